The van der Waals surface area contributed by atoms with Crippen LogP contribution in [0.2, 0.25) is 5.02 Å². The lowest BCUT2D eigenvalue weighted by atomic mass is 9.84. The summed E-state index contributed by atoms with van der Waals surface area (Å²) < 4.78 is 42.8. The number of nitrogens with one attached hydrogen (secondary N) is 2. The van der Waals surface area contributed by atoms with Crippen molar-refractivity contribution in [3.05, 3.63) is 39.5 Å². The van der Waals surface area contributed by atoms with E-state index < -0.39 is 22.5 Å². The smallest absolute Gasteiger partial charge is 0.434 e. The Bertz CT molecular complexity index is 851. The fourth-order valence-corrected chi connectivity index (χ4v) is 3.44. The number of allylic oxidation sites excluding steroid dienone is 2. The van der Waals surface area contributed by atoms with E-state index in [0.717, 1.165) is 0 Å². The maximum atomic E-state index is 12.5. The van der Waals surface area contributed by atoms with Crippen LogP contribution in [-0.4, -0.2) is 54.5 Å². The molecule has 0 atom stereocenters. The second-order valence-corrected chi connectivity index (χ2v) is 7.71. The lowest BCUT2D eigenvalue weighted by Gasteiger charge is -2.38. The standard InChI is InChI=1S/C19H22Cl2F3N3O3/c1-11(16(21)17(25)19(22,23)24)26-10-15(28)27-7-5-18(29,6-8-27)12-3-4-13(20)14(9-12)30-2/h3-4,9,25-26,29H,5-8,10H2,1-2H3/b16-11+,25-17?. The fourth-order valence-electron chi connectivity index (χ4n) is 3.07. The summed E-state index contributed by atoms with van der Waals surface area (Å²) >= 11 is 11.6. The maximum Gasteiger partial charge on any atom is 0.434 e. The number of hydrogen-bond donors (Lipinski definition) is 3. The highest BCUT2D eigenvalue weighted by atomic mass is 35.5. The van der Waals surface area contributed by atoms with Crippen molar-refractivity contribution in [1.29, 1.82) is 5.41 Å². The van der Waals surface area contributed by atoms with Crippen molar-refractivity contribution in [3.8, 4) is 5.75 Å². The summed E-state index contributed by atoms with van der Waals surface area (Å²) in [5, 5.41) is 20.2. The van der Waals surface area contributed by atoms with E-state index in [2.05, 4.69) is 5.32 Å². The summed E-state index contributed by atoms with van der Waals surface area (Å²) in [5.41, 5.74) is -2.31. The highest BCUT2D eigenvalue weighted by Crippen LogP contribution is 2.36. The van der Waals surface area contributed by atoms with Gasteiger partial charge < -0.3 is 20.1 Å². The van der Waals surface area contributed by atoms with E-state index in [1.165, 1.54) is 18.9 Å². The third-order valence-corrected chi connectivity index (χ3v) is 5.75. The van der Waals surface area contributed by atoms with Crippen molar-refractivity contribution in [2.45, 2.75) is 31.5 Å². The van der Waals surface area contributed by atoms with Crippen LogP contribution < -0.4 is 10.1 Å². The normalized spacial score (nSPS) is 17.3. The molecule has 0 aromatic heterocycles. The van der Waals surface area contributed by atoms with Crippen molar-refractivity contribution < 1.29 is 27.8 Å². The number of halogens is 5. The Morgan fingerprint density at radius 2 is 1.97 bits per heavy atom. The van der Waals surface area contributed by atoms with Crippen LogP contribution >= 0.6 is 23.2 Å². The van der Waals surface area contributed by atoms with Crippen LogP contribution in [0.5, 0.6) is 5.75 Å². The third kappa shape index (κ3) is 5.59. The molecule has 0 bridgehead atoms. The van der Waals surface area contributed by atoms with Crippen LogP contribution in [0.15, 0.2) is 28.9 Å². The van der Waals surface area contributed by atoms with E-state index in [9.17, 15) is 23.1 Å². The highest BCUT2D eigenvalue weighted by molar-refractivity contribution is 6.44. The molecule has 2 rings (SSSR count). The minimum atomic E-state index is -4.87. The van der Waals surface area contributed by atoms with Crippen molar-refractivity contribution in [3.63, 3.8) is 0 Å². The first-order valence-electron chi connectivity index (χ1n) is 8.99. The van der Waals surface area contributed by atoms with Gasteiger partial charge in [-0.1, -0.05) is 29.3 Å². The summed E-state index contributed by atoms with van der Waals surface area (Å²) in [6, 6.07) is 5.00. The molecule has 1 aromatic carbocycles. The average Bonchev–Trinajstić information content (AvgIpc) is 2.70. The zero-order valence-electron chi connectivity index (χ0n) is 16.4. The van der Waals surface area contributed by atoms with Crippen LogP contribution in [0.25, 0.3) is 0 Å². The topological polar surface area (TPSA) is 85.7 Å². The number of likely N-dealkylation sites (tertiary alicyclic amines) is 1. The average molecular weight is 468 g/mol. The van der Waals surface area contributed by atoms with Crippen LogP contribution in [0.3, 0.4) is 0 Å². The number of methoxy groups -OCH3 is 1. The molecule has 166 valence electrons. The first-order chi connectivity index (χ1) is 13.9. The molecule has 1 aliphatic heterocycles. The Kier molecular flexibility index (Phi) is 7.65. The van der Waals surface area contributed by atoms with Crippen molar-refractivity contribution in [2.24, 2.45) is 0 Å². The molecule has 1 saturated heterocycles. The molecule has 11 heteroatoms. The quantitative estimate of drug-likeness (QED) is 0.555. The Balaban J connectivity index is 1.96. The molecule has 0 aliphatic carbocycles. The SMILES string of the molecule is COc1cc(C2(O)CCN(C(=O)CN/C(C)=C(/Cl)C(=N)C(F)(F)F)CC2)ccc1Cl. The van der Waals surface area contributed by atoms with Gasteiger partial charge in [0.05, 0.1) is 29.3 Å². The summed E-state index contributed by atoms with van der Waals surface area (Å²) in [6.45, 7) is 1.51. The van der Waals surface area contributed by atoms with E-state index in [1.54, 1.807) is 18.2 Å². The second kappa shape index (κ2) is 9.45. The lowest BCUT2D eigenvalue weighted by molar-refractivity contribution is -0.134. The Morgan fingerprint density at radius 1 is 1.37 bits per heavy atom. The highest BCUT2D eigenvalue weighted by Gasteiger charge is 2.38. The van der Waals surface area contributed by atoms with Gasteiger partial charge in [-0.25, -0.2) is 0 Å². The molecule has 1 amide bonds. The lowest BCUT2D eigenvalue weighted by Crippen LogP contribution is -2.47. The summed E-state index contributed by atoms with van der Waals surface area (Å²) in [7, 11) is 1.47. The van der Waals surface area contributed by atoms with Gasteiger partial charge in [0, 0.05) is 18.8 Å². The zero-order valence-corrected chi connectivity index (χ0v) is 17.9. The number of carbonyl (C=O) groups excluding carboxylic acids is 1. The summed E-state index contributed by atoms with van der Waals surface area (Å²) in [5.74, 6) is 0.0851. The first-order valence-corrected chi connectivity index (χ1v) is 9.75. The van der Waals surface area contributed by atoms with Gasteiger partial charge in [0.25, 0.3) is 0 Å². The molecule has 0 saturated carbocycles. The van der Waals surface area contributed by atoms with Crippen molar-refractivity contribution in [1.82, 2.24) is 10.2 Å². The summed E-state index contributed by atoms with van der Waals surface area (Å²) in [4.78, 5) is 13.9. The molecule has 3 N–H and O–H groups in total. The monoisotopic (exact) mass is 467 g/mol. The molecule has 1 fully saturated rings. The molecule has 1 aliphatic rings. The van der Waals surface area contributed by atoms with Crippen LogP contribution in [0.1, 0.15) is 25.3 Å². The number of ether oxygens (including phenoxy) is 1. The number of amides is 1. The molecular formula is C19H22Cl2F3N3O3. The zero-order chi connectivity index (χ0) is 22.7. The number of carbonyl (C=O) groups is 1. The predicted octanol–water partition coefficient (Wildman–Crippen LogP) is 3.80. The van der Waals surface area contributed by atoms with Crippen LogP contribution in [0.4, 0.5) is 13.2 Å². The van der Waals surface area contributed by atoms with Gasteiger partial charge in [-0.3, -0.25) is 10.2 Å². The van der Waals surface area contributed by atoms with Gasteiger partial charge in [0.1, 0.15) is 5.75 Å². The van der Waals surface area contributed by atoms with Gasteiger partial charge in [-0.05, 0) is 37.5 Å². The summed E-state index contributed by atoms with van der Waals surface area (Å²) in [6.07, 6.45) is -4.32. The number of benzene rings is 1. The third-order valence-electron chi connectivity index (χ3n) is 4.97. The largest absolute Gasteiger partial charge is 0.495 e. The molecule has 0 radical (unpaired) electrons. The molecule has 6 nitrogen and oxygen atoms in total. The van der Waals surface area contributed by atoms with Crippen molar-refractivity contribution >= 4 is 34.8 Å². The van der Waals surface area contributed by atoms with Gasteiger partial charge in [-0.15, -0.1) is 0 Å². The van der Waals surface area contributed by atoms with E-state index in [1.807, 2.05) is 0 Å². The Hall–Kier alpha value is -1.97. The van der Waals surface area contributed by atoms with Gasteiger partial charge in [-0.2, -0.15) is 13.2 Å². The minimum absolute atomic E-state index is 0.117. The molecule has 0 spiro atoms. The molecule has 30 heavy (non-hydrogen) atoms. The number of aliphatic hydroxyl groups is 1. The Morgan fingerprint density at radius 3 is 2.50 bits per heavy atom. The first kappa shape index (κ1) is 24.3. The number of alkyl halides is 3. The van der Waals surface area contributed by atoms with Crippen molar-refractivity contribution in [2.75, 3.05) is 26.7 Å². The van der Waals surface area contributed by atoms with Gasteiger partial charge >= 0.3 is 6.18 Å². The Labute approximate surface area is 182 Å². The van der Waals surface area contributed by atoms with E-state index in [4.69, 9.17) is 33.3 Å². The number of hydrogen-bond acceptors (Lipinski definition) is 5. The number of rotatable bonds is 6. The van der Waals surface area contributed by atoms with E-state index in [-0.39, 0.29) is 44.1 Å². The number of piperidine rings is 1. The molecule has 1 heterocycles. The number of nitrogens with zero attached hydrogens (tertiary/aromatic N) is 1. The van der Waals surface area contributed by atoms with Crippen LogP contribution in [-0.2, 0) is 10.4 Å². The molecular weight excluding hydrogens is 446 g/mol. The van der Waals surface area contributed by atoms with Crippen LogP contribution in [0, 0.1) is 5.41 Å². The van der Waals surface area contributed by atoms with Gasteiger partial charge in [0.2, 0.25) is 5.91 Å². The maximum absolute atomic E-state index is 12.5. The second-order valence-electron chi connectivity index (χ2n) is 6.93. The predicted molar refractivity (Wildman–Crippen MR) is 108 cm³/mol. The van der Waals surface area contributed by atoms with E-state index >= 15 is 0 Å². The van der Waals surface area contributed by atoms with Gasteiger partial charge in [0.15, 0.2) is 5.71 Å². The minimum Gasteiger partial charge on any atom is -0.495 e. The van der Waals surface area contributed by atoms with E-state index in [0.29, 0.717) is 16.3 Å². The fraction of sp³-hybridized carbons (Fsp3) is 0.474. The molecule has 0 unspecified atom stereocenters. The molecule has 1 aromatic rings.